The van der Waals surface area contributed by atoms with Crippen molar-refractivity contribution < 1.29 is 14.3 Å². The zero-order valence-electron chi connectivity index (χ0n) is 14.4. The van der Waals surface area contributed by atoms with Gasteiger partial charge in [0.1, 0.15) is 17.4 Å². The molecule has 3 fully saturated rings. The van der Waals surface area contributed by atoms with Gasteiger partial charge in [-0.1, -0.05) is 0 Å². The third kappa shape index (κ3) is 2.74. The van der Waals surface area contributed by atoms with Crippen molar-refractivity contribution in [3.63, 3.8) is 0 Å². The van der Waals surface area contributed by atoms with E-state index in [2.05, 4.69) is 15.2 Å². The van der Waals surface area contributed by atoms with Crippen LogP contribution in [-0.4, -0.2) is 53.0 Å². The molecule has 3 saturated heterocycles. The van der Waals surface area contributed by atoms with Crippen molar-refractivity contribution in [1.29, 1.82) is 0 Å². The molecule has 26 heavy (non-hydrogen) atoms. The number of aliphatic hydroxyl groups excluding tert-OH is 1. The van der Waals surface area contributed by atoms with Crippen LogP contribution >= 0.6 is 11.3 Å². The molecule has 8 heteroatoms. The molecule has 136 valence electrons. The maximum absolute atomic E-state index is 9.54. The fraction of sp³-hybridized carbons (Fsp3) is 0.444. The van der Waals surface area contributed by atoms with E-state index in [1.165, 1.54) is 6.42 Å². The molecular weight excluding hydrogens is 352 g/mol. The van der Waals surface area contributed by atoms with Gasteiger partial charge in [0.05, 0.1) is 11.7 Å². The summed E-state index contributed by atoms with van der Waals surface area (Å²) < 4.78 is 12.0. The molecule has 2 bridgehead atoms. The first-order valence-electron chi connectivity index (χ1n) is 8.82. The van der Waals surface area contributed by atoms with Gasteiger partial charge in [-0.25, -0.2) is 4.98 Å². The summed E-state index contributed by atoms with van der Waals surface area (Å²) in [5.41, 5.74) is 2.28. The maximum atomic E-state index is 9.54. The Kier molecular flexibility index (Phi) is 3.84. The van der Waals surface area contributed by atoms with E-state index in [4.69, 9.17) is 14.1 Å². The molecule has 0 saturated carbocycles. The van der Waals surface area contributed by atoms with Crippen LogP contribution in [0.15, 0.2) is 28.1 Å². The van der Waals surface area contributed by atoms with Gasteiger partial charge in [0, 0.05) is 36.8 Å². The molecule has 2 unspecified atom stereocenters. The summed E-state index contributed by atoms with van der Waals surface area (Å²) in [5.74, 6) is 0.622. The number of ether oxygens (including phenoxy) is 1. The van der Waals surface area contributed by atoms with Gasteiger partial charge in [0.25, 0.3) is 6.01 Å². The monoisotopic (exact) mass is 372 g/mol. The molecule has 0 aliphatic carbocycles. The number of hydrogen-bond donors (Lipinski definition) is 2. The summed E-state index contributed by atoms with van der Waals surface area (Å²) >= 11 is 1.56. The Bertz CT molecular complexity index is 908. The van der Waals surface area contributed by atoms with Gasteiger partial charge in [0.2, 0.25) is 0 Å². The fourth-order valence-corrected chi connectivity index (χ4v) is 4.29. The topological polar surface area (TPSA) is 83.7 Å². The van der Waals surface area contributed by atoms with Gasteiger partial charge in [-0.2, -0.15) is 4.98 Å². The first kappa shape index (κ1) is 16.0. The molecule has 3 atom stereocenters. The van der Waals surface area contributed by atoms with Crippen molar-refractivity contribution in [3.05, 3.63) is 23.7 Å². The second-order valence-electron chi connectivity index (χ2n) is 6.98. The summed E-state index contributed by atoms with van der Waals surface area (Å²) in [5, 5.41) is 15.9. The third-order valence-electron chi connectivity index (χ3n) is 4.83. The molecule has 3 aliphatic rings. The van der Waals surface area contributed by atoms with Crippen LogP contribution in [0, 0.1) is 0 Å². The van der Waals surface area contributed by atoms with Gasteiger partial charge in [-0.3, -0.25) is 0 Å². The van der Waals surface area contributed by atoms with E-state index in [1.807, 2.05) is 17.5 Å². The number of fused-ring (bicyclic) bond motifs is 3. The minimum Gasteiger partial charge on any atom is -0.488 e. The summed E-state index contributed by atoms with van der Waals surface area (Å²) in [6.07, 6.45) is 2.46. The minimum atomic E-state index is -0.546. The highest BCUT2D eigenvalue weighted by molar-refractivity contribution is 7.13. The number of piperidine rings is 1. The summed E-state index contributed by atoms with van der Waals surface area (Å²) in [6, 6.07) is 5.49. The van der Waals surface area contributed by atoms with Crippen molar-refractivity contribution >= 4 is 28.5 Å². The van der Waals surface area contributed by atoms with Gasteiger partial charge >= 0.3 is 0 Å². The molecular formula is C18H20N4O3S. The highest BCUT2D eigenvalue weighted by Gasteiger charge is 2.38. The van der Waals surface area contributed by atoms with Crippen LogP contribution in [-0.2, 0) is 0 Å². The van der Waals surface area contributed by atoms with Crippen LogP contribution in [0.5, 0.6) is 5.75 Å². The number of hydrogen-bond acceptors (Lipinski definition) is 8. The largest absolute Gasteiger partial charge is 0.488 e. The Balaban J connectivity index is 1.57. The Morgan fingerprint density at radius 2 is 2.23 bits per heavy atom. The molecule has 5 heterocycles. The average Bonchev–Trinajstić information content (AvgIpc) is 3.29. The van der Waals surface area contributed by atoms with Crippen molar-refractivity contribution in [2.24, 2.45) is 0 Å². The lowest BCUT2D eigenvalue weighted by atomic mass is 9.92. The number of rotatable bonds is 5. The average molecular weight is 372 g/mol. The lowest BCUT2D eigenvalue weighted by molar-refractivity contribution is 0.123. The predicted molar refractivity (Wildman–Crippen MR) is 99.8 cm³/mol. The van der Waals surface area contributed by atoms with Crippen molar-refractivity contribution in [3.8, 4) is 16.3 Å². The third-order valence-corrected chi connectivity index (χ3v) is 5.64. The number of nitrogens with zero attached hydrogens (tertiary/aromatic N) is 3. The quantitative estimate of drug-likeness (QED) is 0.711. The smallest absolute Gasteiger partial charge is 0.298 e. The molecule has 7 nitrogen and oxygen atoms in total. The van der Waals surface area contributed by atoms with E-state index in [9.17, 15) is 5.11 Å². The van der Waals surface area contributed by atoms with Crippen LogP contribution in [0.4, 0.5) is 6.01 Å². The van der Waals surface area contributed by atoms with E-state index < -0.39 is 6.10 Å². The zero-order valence-corrected chi connectivity index (χ0v) is 15.2. The van der Waals surface area contributed by atoms with Crippen molar-refractivity contribution in [2.75, 3.05) is 24.6 Å². The molecule has 0 radical (unpaired) electrons. The van der Waals surface area contributed by atoms with Crippen LogP contribution in [0.1, 0.15) is 13.3 Å². The predicted octanol–water partition coefficient (Wildman–Crippen LogP) is 2.26. The number of nitrogens with one attached hydrogen (secondary N) is 1. The molecule has 3 aromatic rings. The number of anilines is 1. The van der Waals surface area contributed by atoms with Gasteiger partial charge in [-0.15, -0.1) is 11.3 Å². The van der Waals surface area contributed by atoms with Crippen LogP contribution in [0.2, 0.25) is 0 Å². The second-order valence-corrected chi connectivity index (χ2v) is 7.88. The first-order valence-corrected chi connectivity index (χ1v) is 9.70. The van der Waals surface area contributed by atoms with E-state index >= 15 is 0 Å². The summed E-state index contributed by atoms with van der Waals surface area (Å²) in [4.78, 5) is 11.3. The lowest BCUT2D eigenvalue weighted by Gasteiger charge is -2.47. The number of oxazole rings is 1. The second kappa shape index (κ2) is 6.22. The van der Waals surface area contributed by atoms with Crippen LogP contribution < -0.4 is 15.0 Å². The minimum absolute atomic E-state index is 0.214. The van der Waals surface area contributed by atoms with E-state index in [0.29, 0.717) is 34.9 Å². The molecule has 2 aromatic heterocycles. The molecule has 0 amide bonds. The lowest BCUT2D eigenvalue weighted by Crippen LogP contribution is -2.67. The Morgan fingerprint density at radius 3 is 2.92 bits per heavy atom. The first-order chi connectivity index (χ1) is 12.7. The summed E-state index contributed by atoms with van der Waals surface area (Å²) in [7, 11) is 0. The highest BCUT2D eigenvalue weighted by atomic mass is 32.1. The van der Waals surface area contributed by atoms with Crippen LogP contribution in [0.3, 0.4) is 0 Å². The number of thiazole rings is 1. The van der Waals surface area contributed by atoms with Crippen LogP contribution in [0.25, 0.3) is 21.7 Å². The number of benzene rings is 1. The van der Waals surface area contributed by atoms with Gasteiger partial charge < -0.3 is 24.5 Å². The molecule has 1 aromatic carbocycles. The van der Waals surface area contributed by atoms with E-state index in [-0.39, 0.29) is 6.61 Å². The Hall–Kier alpha value is -2.16. The highest BCUT2D eigenvalue weighted by Crippen LogP contribution is 2.38. The molecule has 3 aliphatic heterocycles. The number of aliphatic hydroxyl groups is 1. The van der Waals surface area contributed by atoms with E-state index in [0.717, 1.165) is 23.7 Å². The van der Waals surface area contributed by atoms with Gasteiger partial charge in [-0.05, 0) is 25.5 Å². The number of aromatic nitrogens is 2. The van der Waals surface area contributed by atoms with E-state index in [1.54, 1.807) is 24.5 Å². The Labute approximate surface area is 154 Å². The molecule has 2 N–H and O–H groups in total. The molecule has 0 spiro atoms. The number of piperazine rings is 1. The standard InChI is InChI=1S/C18H20N4O3S/c1-10(23)9-24-14-3-2-13(17-19-4-5-26-17)16-15(14)21-18(25-16)22-7-11-6-12(8-22)20-11/h2-5,10-12,20,23H,6-9H2,1H3/t10-,11?,12?/m0/s1. The van der Waals surface area contributed by atoms with Crippen molar-refractivity contribution in [1.82, 2.24) is 15.3 Å². The zero-order chi connectivity index (χ0) is 17.7. The van der Waals surface area contributed by atoms with Crippen molar-refractivity contribution in [2.45, 2.75) is 31.5 Å². The SMILES string of the molecule is C[C@H](O)COc1ccc(-c2nccs2)c2oc(N3CC4CC(C3)N4)nc12. The normalized spacial score (nSPS) is 23.1. The van der Waals surface area contributed by atoms with Gasteiger partial charge in [0.15, 0.2) is 11.1 Å². The maximum Gasteiger partial charge on any atom is 0.298 e. The molecule has 6 rings (SSSR count). The Morgan fingerprint density at radius 1 is 1.42 bits per heavy atom. The summed E-state index contributed by atoms with van der Waals surface area (Å²) in [6.45, 7) is 3.72. The fourth-order valence-electron chi connectivity index (χ4n) is 3.63.